The van der Waals surface area contributed by atoms with Crippen molar-refractivity contribution in [1.29, 1.82) is 0 Å². The van der Waals surface area contributed by atoms with E-state index in [1.807, 2.05) is 0 Å². The number of likely N-dealkylation sites (N-methyl/N-ethyl adjacent to an activating group) is 1. The van der Waals surface area contributed by atoms with Gasteiger partial charge in [0.1, 0.15) is 0 Å². The molecule has 0 amide bonds. The van der Waals surface area contributed by atoms with Crippen molar-refractivity contribution in [3.05, 3.63) is 35.4 Å². The molecule has 0 radical (unpaired) electrons. The van der Waals surface area contributed by atoms with Crippen LogP contribution in [0.25, 0.3) is 0 Å². The smallest absolute Gasteiger partial charge is 0.0139 e. The van der Waals surface area contributed by atoms with Crippen LogP contribution >= 0.6 is 12.4 Å². The Morgan fingerprint density at radius 1 is 1.00 bits per heavy atom. The van der Waals surface area contributed by atoms with Gasteiger partial charge in [-0.05, 0) is 50.3 Å². The van der Waals surface area contributed by atoms with Gasteiger partial charge in [0.05, 0.1) is 0 Å². The summed E-state index contributed by atoms with van der Waals surface area (Å²) in [5.41, 5.74) is 3.17. The third-order valence-corrected chi connectivity index (χ3v) is 4.02. The zero-order valence-corrected chi connectivity index (χ0v) is 10.7. The van der Waals surface area contributed by atoms with Crippen molar-refractivity contribution in [1.82, 2.24) is 4.90 Å². The molecule has 1 fully saturated rings. The van der Waals surface area contributed by atoms with E-state index in [1.165, 1.54) is 32.1 Å². The number of benzene rings is 1. The van der Waals surface area contributed by atoms with Crippen molar-refractivity contribution >= 4 is 12.4 Å². The van der Waals surface area contributed by atoms with Gasteiger partial charge in [-0.2, -0.15) is 0 Å². The maximum absolute atomic E-state index is 2.62. The number of fused-ring (bicyclic) bond motifs is 1. The highest BCUT2D eigenvalue weighted by atomic mass is 35.5. The second-order valence-corrected chi connectivity index (χ2v) is 5.06. The van der Waals surface area contributed by atoms with E-state index in [9.17, 15) is 0 Å². The highest BCUT2D eigenvalue weighted by molar-refractivity contribution is 5.85. The van der Waals surface area contributed by atoms with Gasteiger partial charge >= 0.3 is 0 Å². The molecule has 0 spiro atoms. The summed E-state index contributed by atoms with van der Waals surface area (Å²) in [5, 5.41) is 0. The normalized spacial score (nSPS) is 23.8. The number of rotatable bonds is 2. The first-order chi connectivity index (χ1) is 7.34. The fraction of sp³-hybridized carbons (Fsp3) is 0.571. The van der Waals surface area contributed by atoms with Gasteiger partial charge in [0.25, 0.3) is 0 Å². The topological polar surface area (TPSA) is 3.24 Å². The summed E-state index contributed by atoms with van der Waals surface area (Å²) in [6.07, 6.45) is 6.74. The zero-order chi connectivity index (χ0) is 10.3. The Morgan fingerprint density at radius 3 is 2.38 bits per heavy atom. The fourth-order valence-electron chi connectivity index (χ4n) is 2.81. The van der Waals surface area contributed by atoms with Crippen molar-refractivity contribution in [3.63, 3.8) is 0 Å². The van der Waals surface area contributed by atoms with Gasteiger partial charge in [-0.15, -0.1) is 12.4 Å². The minimum absolute atomic E-state index is 0. The third-order valence-electron chi connectivity index (χ3n) is 4.02. The summed E-state index contributed by atoms with van der Waals surface area (Å²) >= 11 is 0. The van der Waals surface area contributed by atoms with Crippen LogP contribution in [0.15, 0.2) is 24.3 Å². The molecule has 1 aromatic rings. The SMILES string of the molecule is CN(C1CC1)C1CCc2ccccc2C1.Cl. The molecule has 1 aromatic carbocycles. The molecule has 0 N–H and O–H groups in total. The van der Waals surface area contributed by atoms with Crippen molar-refractivity contribution in [2.24, 2.45) is 0 Å². The first-order valence-corrected chi connectivity index (χ1v) is 6.13. The van der Waals surface area contributed by atoms with Crippen LogP contribution in [-0.4, -0.2) is 24.0 Å². The van der Waals surface area contributed by atoms with Crippen LogP contribution in [0.2, 0.25) is 0 Å². The van der Waals surface area contributed by atoms with Crippen LogP contribution in [0, 0.1) is 0 Å². The first kappa shape index (κ1) is 11.9. The van der Waals surface area contributed by atoms with E-state index in [-0.39, 0.29) is 12.4 Å². The Bertz CT molecular complexity index is 360. The molecule has 0 heterocycles. The van der Waals surface area contributed by atoms with Gasteiger partial charge in [0.2, 0.25) is 0 Å². The van der Waals surface area contributed by atoms with Gasteiger partial charge in [0.15, 0.2) is 0 Å². The molecule has 0 bridgehead atoms. The summed E-state index contributed by atoms with van der Waals surface area (Å²) in [6.45, 7) is 0. The lowest BCUT2D eigenvalue weighted by Crippen LogP contribution is -2.37. The van der Waals surface area contributed by atoms with Crippen LogP contribution in [-0.2, 0) is 12.8 Å². The third kappa shape index (κ3) is 2.26. The molecule has 3 rings (SSSR count). The summed E-state index contributed by atoms with van der Waals surface area (Å²) in [6, 6.07) is 10.7. The Balaban J connectivity index is 0.000000963. The number of hydrogen-bond acceptors (Lipinski definition) is 1. The summed E-state index contributed by atoms with van der Waals surface area (Å²) < 4.78 is 0. The number of aryl methyl sites for hydroxylation is 1. The Hall–Kier alpha value is -0.530. The van der Waals surface area contributed by atoms with Gasteiger partial charge in [-0.1, -0.05) is 24.3 Å². The average molecular weight is 238 g/mol. The predicted octanol–water partition coefficient (Wildman–Crippen LogP) is 3.06. The molecule has 1 unspecified atom stereocenters. The predicted molar refractivity (Wildman–Crippen MR) is 70.3 cm³/mol. The highest BCUT2D eigenvalue weighted by Crippen LogP contribution is 2.32. The molecule has 1 nitrogen and oxygen atoms in total. The van der Waals surface area contributed by atoms with Crippen molar-refractivity contribution in [2.75, 3.05) is 7.05 Å². The largest absolute Gasteiger partial charge is 0.300 e. The molecule has 1 saturated carbocycles. The molecule has 0 aliphatic heterocycles. The average Bonchev–Trinajstić information content (AvgIpc) is 3.11. The Morgan fingerprint density at radius 2 is 1.69 bits per heavy atom. The van der Waals surface area contributed by atoms with Crippen molar-refractivity contribution < 1.29 is 0 Å². The van der Waals surface area contributed by atoms with E-state index >= 15 is 0 Å². The van der Waals surface area contributed by atoms with E-state index in [2.05, 4.69) is 36.2 Å². The number of nitrogens with zero attached hydrogens (tertiary/aromatic N) is 1. The van der Waals surface area contributed by atoms with Crippen LogP contribution in [0.1, 0.15) is 30.4 Å². The molecule has 2 aliphatic carbocycles. The van der Waals surface area contributed by atoms with Crippen molar-refractivity contribution in [2.45, 2.75) is 44.2 Å². The second kappa shape index (κ2) is 4.77. The van der Waals surface area contributed by atoms with Gasteiger partial charge in [-0.3, -0.25) is 0 Å². The second-order valence-electron chi connectivity index (χ2n) is 5.06. The van der Waals surface area contributed by atoms with Gasteiger partial charge in [-0.25, -0.2) is 0 Å². The molecule has 1 atom stereocenters. The monoisotopic (exact) mass is 237 g/mol. The van der Waals surface area contributed by atoms with E-state index in [0.29, 0.717) is 0 Å². The minimum atomic E-state index is 0. The minimum Gasteiger partial charge on any atom is -0.300 e. The quantitative estimate of drug-likeness (QED) is 0.764. The van der Waals surface area contributed by atoms with Crippen LogP contribution < -0.4 is 0 Å². The van der Waals surface area contributed by atoms with Gasteiger partial charge < -0.3 is 4.90 Å². The highest BCUT2D eigenvalue weighted by Gasteiger charge is 2.32. The molecule has 16 heavy (non-hydrogen) atoms. The summed E-state index contributed by atoms with van der Waals surface area (Å²) in [7, 11) is 2.32. The van der Waals surface area contributed by atoms with E-state index in [1.54, 1.807) is 11.1 Å². The maximum Gasteiger partial charge on any atom is 0.0139 e. The zero-order valence-electron chi connectivity index (χ0n) is 9.86. The Labute approximate surface area is 104 Å². The van der Waals surface area contributed by atoms with Crippen molar-refractivity contribution in [3.8, 4) is 0 Å². The molecular weight excluding hydrogens is 218 g/mol. The first-order valence-electron chi connectivity index (χ1n) is 6.13. The maximum atomic E-state index is 2.62. The van der Waals surface area contributed by atoms with E-state index in [0.717, 1.165) is 12.1 Å². The number of halogens is 1. The standard InChI is InChI=1S/C14H19N.ClH/c1-15(13-8-9-13)14-7-6-11-4-2-3-5-12(11)10-14;/h2-5,13-14H,6-10H2,1H3;1H. The van der Waals surface area contributed by atoms with Crippen LogP contribution in [0.4, 0.5) is 0 Å². The van der Waals surface area contributed by atoms with Crippen LogP contribution in [0.5, 0.6) is 0 Å². The molecular formula is C14H20ClN. The van der Waals surface area contributed by atoms with Crippen LogP contribution in [0.3, 0.4) is 0 Å². The lowest BCUT2D eigenvalue weighted by molar-refractivity contribution is 0.212. The van der Waals surface area contributed by atoms with Gasteiger partial charge in [0, 0.05) is 12.1 Å². The summed E-state index contributed by atoms with van der Waals surface area (Å²) in [4.78, 5) is 2.62. The molecule has 0 saturated heterocycles. The summed E-state index contributed by atoms with van der Waals surface area (Å²) in [5.74, 6) is 0. The lowest BCUT2D eigenvalue weighted by Gasteiger charge is -2.32. The molecule has 0 aromatic heterocycles. The Kier molecular flexibility index (Phi) is 3.56. The van der Waals surface area contributed by atoms with E-state index < -0.39 is 0 Å². The lowest BCUT2D eigenvalue weighted by atomic mass is 9.87. The molecule has 88 valence electrons. The fourth-order valence-corrected chi connectivity index (χ4v) is 2.81. The van der Waals surface area contributed by atoms with E-state index in [4.69, 9.17) is 0 Å². The molecule has 2 aliphatic rings. The molecule has 2 heteroatoms. The number of hydrogen-bond donors (Lipinski definition) is 0.